The van der Waals surface area contributed by atoms with Gasteiger partial charge in [-0.25, -0.2) is 29.6 Å². The van der Waals surface area contributed by atoms with Crippen molar-refractivity contribution in [2.45, 2.75) is 26.9 Å². The average molecular weight is 457 g/mol. The lowest BCUT2D eigenvalue weighted by atomic mass is 10.1. The molecule has 10 heteroatoms. The summed E-state index contributed by atoms with van der Waals surface area (Å²) in [5, 5.41) is 5.36. The third-order valence-electron chi connectivity index (χ3n) is 5.55. The smallest absolute Gasteiger partial charge is 0.231 e. The Morgan fingerprint density at radius 1 is 0.912 bits per heavy atom. The van der Waals surface area contributed by atoms with E-state index in [0.29, 0.717) is 35.3 Å². The average Bonchev–Trinajstić information content (AvgIpc) is 3.46. The molecule has 34 heavy (non-hydrogen) atoms. The van der Waals surface area contributed by atoms with Crippen LogP contribution in [0.15, 0.2) is 49.2 Å². The molecule has 0 atom stereocenters. The van der Waals surface area contributed by atoms with Crippen LogP contribution in [0.3, 0.4) is 0 Å². The molecule has 0 saturated carbocycles. The summed E-state index contributed by atoms with van der Waals surface area (Å²) >= 11 is 0. The second-order valence-electron chi connectivity index (χ2n) is 7.73. The van der Waals surface area contributed by atoms with Gasteiger partial charge in [0.1, 0.15) is 17.7 Å². The Hall–Kier alpha value is -4.34. The minimum Gasteiger partial charge on any atom is -0.480 e. The van der Waals surface area contributed by atoms with Crippen molar-refractivity contribution in [3.63, 3.8) is 0 Å². The molecule has 5 rings (SSSR count). The van der Waals surface area contributed by atoms with Crippen LogP contribution in [0.2, 0.25) is 0 Å². The van der Waals surface area contributed by atoms with Crippen LogP contribution in [0, 0.1) is 6.92 Å². The molecule has 10 nitrogen and oxygen atoms in total. The Morgan fingerprint density at radius 2 is 1.65 bits per heavy atom. The Bertz CT molecular complexity index is 1430. The maximum atomic E-state index is 5.39. The monoisotopic (exact) mass is 456 g/mol. The maximum Gasteiger partial charge on any atom is 0.231 e. The number of nitrogens with zero attached hydrogens (tertiary/aromatic N) is 8. The zero-order chi connectivity index (χ0) is 23.7. The van der Waals surface area contributed by atoms with Crippen molar-refractivity contribution in [1.29, 1.82) is 0 Å². The predicted octanol–water partition coefficient (Wildman–Crippen LogP) is 3.54. The molecule has 5 aromatic rings. The number of benzene rings is 1. The summed E-state index contributed by atoms with van der Waals surface area (Å²) in [5.41, 5.74) is 4.37. The molecule has 1 aromatic carbocycles. The molecule has 0 aliphatic carbocycles. The summed E-state index contributed by atoms with van der Waals surface area (Å²) in [6.07, 6.45) is 6.92. The number of hydrogen-bond donors (Lipinski definition) is 0. The first-order valence-electron chi connectivity index (χ1n) is 10.9. The van der Waals surface area contributed by atoms with Crippen molar-refractivity contribution < 1.29 is 9.47 Å². The number of methoxy groups -OCH3 is 2. The summed E-state index contributed by atoms with van der Waals surface area (Å²) in [6.45, 7) is 5.56. The SMILES string of the molecule is CCn1cc(C)nc1-c1ccc(Cn2ncc3cnc(-c4c(OC)ncnc4OC)nc32)cc1. The van der Waals surface area contributed by atoms with Crippen LogP contribution < -0.4 is 9.47 Å². The first kappa shape index (κ1) is 21.5. The fourth-order valence-electron chi connectivity index (χ4n) is 3.91. The van der Waals surface area contributed by atoms with E-state index in [0.717, 1.165) is 34.6 Å². The number of fused-ring (bicyclic) bond motifs is 1. The van der Waals surface area contributed by atoms with Crippen LogP contribution in [0.25, 0.3) is 33.8 Å². The fourth-order valence-corrected chi connectivity index (χ4v) is 3.91. The van der Waals surface area contributed by atoms with Crippen LogP contribution in [-0.4, -0.2) is 53.5 Å². The highest BCUT2D eigenvalue weighted by Crippen LogP contribution is 2.33. The first-order chi connectivity index (χ1) is 16.6. The molecule has 0 aliphatic heterocycles. The lowest BCUT2D eigenvalue weighted by molar-refractivity contribution is 0.374. The highest BCUT2D eigenvalue weighted by Gasteiger charge is 2.19. The van der Waals surface area contributed by atoms with Crippen molar-refractivity contribution in [2.75, 3.05) is 14.2 Å². The van der Waals surface area contributed by atoms with Crippen LogP contribution >= 0.6 is 0 Å². The second-order valence-corrected chi connectivity index (χ2v) is 7.73. The molecular formula is C24H24N8O2. The summed E-state index contributed by atoms with van der Waals surface area (Å²) < 4.78 is 14.8. The van der Waals surface area contributed by atoms with E-state index in [1.807, 2.05) is 11.6 Å². The van der Waals surface area contributed by atoms with Crippen LogP contribution in [0.4, 0.5) is 0 Å². The Kier molecular flexibility index (Phi) is 5.62. The van der Waals surface area contributed by atoms with Gasteiger partial charge in [0, 0.05) is 24.5 Å². The molecule has 4 aromatic heterocycles. The van der Waals surface area contributed by atoms with Gasteiger partial charge in [0.2, 0.25) is 11.8 Å². The van der Waals surface area contributed by atoms with E-state index in [-0.39, 0.29) is 0 Å². The van der Waals surface area contributed by atoms with Crippen molar-refractivity contribution in [1.82, 2.24) is 39.3 Å². The van der Waals surface area contributed by atoms with Gasteiger partial charge >= 0.3 is 0 Å². The van der Waals surface area contributed by atoms with Gasteiger partial charge in [-0.15, -0.1) is 0 Å². The predicted molar refractivity (Wildman–Crippen MR) is 127 cm³/mol. The summed E-state index contributed by atoms with van der Waals surface area (Å²) in [4.78, 5) is 22.2. The zero-order valence-corrected chi connectivity index (χ0v) is 19.4. The van der Waals surface area contributed by atoms with Gasteiger partial charge in [0.15, 0.2) is 11.5 Å². The van der Waals surface area contributed by atoms with Crippen molar-refractivity contribution in [2.24, 2.45) is 0 Å². The number of imidazole rings is 1. The van der Waals surface area contributed by atoms with Gasteiger partial charge in [-0.3, -0.25) is 0 Å². The minimum absolute atomic E-state index is 0.341. The van der Waals surface area contributed by atoms with E-state index in [2.05, 4.69) is 67.0 Å². The van der Waals surface area contributed by atoms with Gasteiger partial charge in [0.05, 0.1) is 38.0 Å². The molecule has 0 unspecified atom stereocenters. The summed E-state index contributed by atoms with van der Waals surface area (Å²) in [7, 11) is 3.07. The zero-order valence-electron chi connectivity index (χ0n) is 19.4. The molecular weight excluding hydrogens is 432 g/mol. The maximum absolute atomic E-state index is 5.39. The third-order valence-corrected chi connectivity index (χ3v) is 5.55. The number of ether oxygens (including phenoxy) is 2. The van der Waals surface area contributed by atoms with Crippen LogP contribution in [0.1, 0.15) is 18.2 Å². The highest BCUT2D eigenvalue weighted by atomic mass is 16.5. The molecule has 4 heterocycles. The van der Waals surface area contributed by atoms with E-state index >= 15 is 0 Å². The normalized spacial score (nSPS) is 11.2. The van der Waals surface area contributed by atoms with E-state index in [9.17, 15) is 0 Å². The van der Waals surface area contributed by atoms with Gasteiger partial charge < -0.3 is 14.0 Å². The van der Waals surface area contributed by atoms with Crippen LogP contribution in [-0.2, 0) is 13.1 Å². The topological polar surface area (TPSA) is 106 Å². The number of aromatic nitrogens is 8. The molecule has 172 valence electrons. The lowest BCUT2D eigenvalue weighted by Gasteiger charge is -2.10. The van der Waals surface area contributed by atoms with Gasteiger partial charge in [0.25, 0.3) is 0 Å². The molecule has 0 spiro atoms. The second kappa shape index (κ2) is 8.89. The molecule has 0 aliphatic rings. The quantitative estimate of drug-likeness (QED) is 0.366. The van der Waals surface area contributed by atoms with Gasteiger partial charge in [-0.2, -0.15) is 5.10 Å². The van der Waals surface area contributed by atoms with E-state index < -0.39 is 0 Å². The van der Waals surface area contributed by atoms with E-state index in [1.54, 1.807) is 12.4 Å². The van der Waals surface area contributed by atoms with E-state index in [4.69, 9.17) is 14.5 Å². The largest absolute Gasteiger partial charge is 0.480 e. The lowest BCUT2D eigenvalue weighted by Crippen LogP contribution is -2.05. The molecule has 0 fully saturated rings. The van der Waals surface area contributed by atoms with Crippen molar-refractivity contribution >= 4 is 11.0 Å². The highest BCUT2D eigenvalue weighted by molar-refractivity contribution is 5.78. The van der Waals surface area contributed by atoms with Crippen molar-refractivity contribution in [3.8, 4) is 34.5 Å². The Balaban J connectivity index is 1.48. The van der Waals surface area contributed by atoms with Gasteiger partial charge in [-0.1, -0.05) is 24.3 Å². The molecule has 0 bridgehead atoms. The number of aryl methyl sites for hydroxylation is 2. The summed E-state index contributed by atoms with van der Waals surface area (Å²) in [6, 6.07) is 8.36. The number of rotatable bonds is 7. The summed E-state index contributed by atoms with van der Waals surface area (Å²) in [5.74, 6) is 2.06. The molecule has 0 amide bonds. The number of hydrogen-bond acceptors (Lipinski definition) is 8. The molecule has 0 N–H and O–H groups in total. The standard InChI is InChI=1S/C24H24N8O2/c1-5-31-12-15(2)29-21(31)17-8-6-16(7-9-17)13-32-22-18(11-28-32)10-25-20(30-22)19-23(33-3)26-14-27-24(19)34-4/h6-12,14H,5,13H2,1-4H3. The van der Waals surface area contributed by atoms with Crippen LogP contribution in [0.5, 0.6) is 11.8 Å². The molecule has 0 saturated heterocycles. The Labute approximate surface area is 196 Å². The third kappa shape index (κ3) is 3.83. The Morgan fingerprint density at radius 3 is 2.32 bits per heavy atom. The van der Waals surface area contributed by atoms with Gasteiger partial charge in [-0.05, 0) is 19.4 Å². The minimum atomic E-state index is 0.341. The van der Waals surface area contributed by atoms with Crippen molar-refractivity contribution in [3.05, 3.63) is 60.4 Å². The fraction of sp³-hybridized carbons (Fsp3) is 0.250. The molecule has 0 radical (unpaired) electrons. The van der Waals surface area contributed by atoms with E-state index in [1.165, 1.54) is 20.5 Å². The first-order valence-corrected chi connectivity index (χ1v) is 10.9.